The fraction of sp³-hybridized carbons (Fsp3) is 0.176. The first-order valence-corrected chi connectivity index (χ1v) is 8.88. The highest BCUT2D eigenvalue weighted by molar-refractivity contribution is 9.10. The molecule has 2 amide bonds. The van der Waals surface area contributed by atoms with E-state index in [2.05, 4.69) is 26.8 Å². The Kier molecular flexibility index (Phi) is 7.25. The Hall–Kier alpha value is -1.60. The normalized spacial score (nSPS) is 10.6. The molecule has 2 N–H and O–H groups in total. The summed E-state index contributed by atoms with van der Waals surface area (Å²) in [5.41, 5.74) is 6.03. The zero-order valence-corrected chi connectivity index (χ0v) is 16.5. The van der Waals surface area contributed by atoms with Gasteiger partial charge in [-0.25, -0.2) is 0 Å². The van der Waals surface area contributed by atoms with E-state index < -0.39 is 5.91 Å². The lowest BCUT2D eigenvalue weighted by atomic mass is 10.2. The number of hydrogen-bond donors (Lipinski definition) is 2. The molecule has 0 heterocycles. The van der Waals surface area contributed by atoms with Gasteiger partial charge < -0.3 is 0 Å². The van der Waals surface area contributed by atoms with Crippen molar-refractivity contribution in [3.8, 4) is 0 Å². The molecule has 0 spiro atoms. The van der Waals surface area contributed by atoms with Crippen LogP contribution in [0.2, 0.25) is 10.0 Å². The first-order chi connectivity index (χ1) is 11.9. The third-order valence-corrected chi connectivity index (χ3v) is 4.87. The molecule has 0 aliphatic heterocycles. The van der Waals surface area contributed by atoms with Crippen molar-refractivity contribution in [2.45, 2.75) is 6.54 Å². The largest absolute Gasteiger partial charge is 0.293 e. The van der Waals surface area contributed by atoms with E-state index in [0.29, 0.717) is 26.6 Å². The second-order valence-corrected chi connectivity index (χ2v) is 7.01. The van der Waals surface area contributed by atoms with Gasteiger partial charge in [0.05, 0.1) is 22.2 Å². The van der Waals surface area contributed by atoms with Crippen LogP contribution in [0.4, 0.5) is 0 Å². The lowest BCUT2D eigenvalue weighted by Gasteiger charge is -2.17. The second-order valence-electron chi connectivity index (χ2n) is 5.37. The summed E-state index contributed by atoms with van der Waals surface area (Å²) in [5.74, 6) is -0.748. The maximum absolute atomic E-state index is 12.0. The van der Waals surface area contributed by atoms with Gasteiger partial charge in [-0.15, -0.1) is 0 Å². The summed E-state index contributed by atoms with van der Waals surface area (Å²) < 4.78 is 0.648. The van der Waals surface area contributed by atoms with Crippen LogP contribution in [0.25, 0.3) is 0 Å². The van der Waals surface area contributed by atoms with Crippen LogP contribution in [-0.2, 0) is 11.3 Å². The zero-order chi connectivity index (χ0) is 18.4. The Bertz CT molecular complexity index is 786. The van der Waals surface area contributed by atoms with Crippen molar-refractivity contribution < 1.29 is 9.59 Å². The summed E-state index contributed by atoms with van der Waals surface area (Å²) in [4.78, 5) is 25.8. The number of likely N-dealkylation sites (N-methyl/N-ethyl adjacent to an activating group) is 1. The molecule has 132 valence electrons. The third kappa shape index (κ3) is 5.71. The van der Waals surface area contributed by atoms with Gasteiger partial charge in [0, 0.05) is 11.0 Å². The molecular weight excluding hydrogens is 429 g/mol. The van der Waals surface area contributed by atoms with Crippen LogP contribution < -0.4 is 10.9 Å². The van der Waals surface area contributed by atoms with Gasteiger partial charge in [-0.1, -0.05) is 47.5 Å². The highest BCUT2D eigenvalue weighted by Gasteiger charge is 2.13. The number of halogens is 3. The standard InChI is InChI=1S/C17H16BrCl2N3O2/c1-23(9-11-5-4-8-14(19)16(11)20)10-15(24)21-22-17(25)12-6-2-3-7-13(12)18/h2-8H,9-10H2,1H3,(H,21,24)(H,22,25). The fourth-order valence-electron chi connectivity index (χ4n) is 2.14. The van der Waals surface area contributed by atoms with E-state index in [1.807, 2.05) is 6.07 Å². The molecule has 0 atom stereocenters. The molecule has 25 heavy (non-hydrogen) atoms. The van der Waals surface area contributed by atoms with Crippen molar-refractivity contribution in [2.24, 2.45) is 0 Å². The Labute approximate surface area is 164 Å². The van der Waals surface area contributed by atoms with Crippen molar-refractivity contribution in [1.29, 1.82) is 0 Å². The van der Waals surface area contributed by atoms with Gasteiger partial charge in [0.15, 0.2) is 0 Å². The minimum Gasteiger partial charge on any atom is -0.293 e. The number of hydrogen-bond acceptors (Lipinski definition) is 3. The SMILES string of the molecule is CN(CC(=O)NNC(=O)c1ccccc1Br)Cc1cccc(Cl)c1Cl. The molecule has 0 bridgehead atoms. The summed E-state index contributed by atoms with van der Waals surface area (Å²) in [7, 11) is 1.77. The zero-order valence-electron chi connectivity index (χ0n) is 13.4. The average molecular weight is 445 g/mol. The van der Waals surface area contributed by atoms with Gasteiger partial charge in [0.2, 0.25) is 0 Å². The smallest absolute Gasteiger partial charge is 0.270 e. The summed E-state index contributed by atoms with van der Waals surface area (Å²) in [6.07, 6.45) is 0. The van der Waals surface area contributed by atoms with Crippen LogP contribution in [0.5, 0.6) is 0 Å². The Balaban J connectivity index is 1.84. The van der Waals surface area contributed by atoms with Gasteiger partial charge in [-0.05, 0) is 46.7 Å². The number of benzene rings is 2. The molecule has 0 unspecified atom stereocenters. The van der Waals surface area contributed by atoms with E-state index >= 15 is 0 Å². The summed E-state index contributed by atoms with van der Waals surface area (Å²) >= 11 is 15.4. The Morgan fingerprint density at radius 2 is 1.80 bits per heavy atom. The second kappa shape index (κ2) is 9.20. The van der Waals surface area contributed by atoms with Crippen LogP contribution in [0.3, 0.4) is 0 Å². The summed E-state index contributed by atoms with van der Waals surface area (Å²) in [5, 5.41) is 0.941. The lowest BCUT2D eigenvalue weighted by molar-refractivity contribution is -0.122. The molecule has 2 rings (SSSR count). The predicted octanol–water partition coefficient (Wildman–Crippen LogP) is 3.65. The van der Waals surface area contributed by atoms with Crippen LogP contribution in [0, 0.1) is 0 Å². The van der Waals surface area contributed by atoms with Gasteiger partial charge in [0.1, 0.15) is 0 Å². The molecule has 0 aliphatic carbocycles. The number of amides is 2. The minimum atomic E-state index is -0.402. The molecule has 8 heteroatoms. The first kappa shape index (κ1) is 19.7. The van der Waals surface area contributed by atoms with Gasteiger partial charge in [-0.3, -0.25) is 25.3 Å². The molecule has 0 aromatic heterocycles. The fourth-order valence-corrected chi connectivity index (χ4v) is 2.99. The van der Waals surface area contributed by atoms with E-state index in [4.69, 9.17) is 23.2 Å². The minimum absolute atomic E-state index is 0.0824. The molecule has 0 radical (unpaired) electrons. The van der Waals surface area contributed by atoms with E-state index in [1.165, 1.54) is 0 Å². The molecule has 0 saturated heterocycles. The quantitative estimate of drug-likeness (QED) is 0.692. The molecule has 0 fully saturated rings. The average Bonchev–Trinajstić information content (AvgIpc) is 2.57. The first-order valence-electron chi connectivity index (χ1n) is 7.33. The maximum Gasteiger partial charge on any atom is 0.270 e. The van der Waals surface area contributed by atoms with Crippen LogP contribution >= 0.6 is 39.1 Å². The topological polar surface area (TPSA) is 61.4 Å². The Morgan fingerprint density at radius 1 is 1.08 bits per heavy atom. The number of hydrazine groups is 1. The van der Waals surface area contributed by atoms with Crippen LogP contribution in [0.15, 0.2) is 46.9 Å². The predicted molar refractivity (Wildman–Crippen MR) is 103 cm³/mol. The van der Waals surface area contributed by atoms with Crippen molar-refractivity contribution >= 4 is 50.9 Å². The molecule has 0 aliphatic rings. The molecule has 0 saturated carbocycles. The van der Waals surface area contributed by atoms with E-state index in [9.17, 15) is 9.59 Å². The van der Waals surface area contributed by atoms with Crippen molar-refractivity contribution in [3.05, 3.63) is 68.1 Å². The summed E-state index contributed by atoms with van der Waals surface area (Å²) in [6.45, 7) is 0.532. The Morgan fingerprint density at radius 3 is 2.52 bits per heavy atom. The van der Waals surface area contributed by atoms with Crippen molar-refractivity contribution in [2.75, 3.05) is 13.6 Å². The molecular formula is C17H16BrCl2N3O2. The van der Waals surface area contributed by atoms with Crippen molar-refractivity contribution in [3.63, 3.8) is 0 Å². The van der Waals surface area contributed by atoms with Gasteiger partial charge in [-0.2, -0.15) is 0 Å². The van der Waals surface area contributed by atoms with Gasteiger partial charge >= 0.3 is 0 Å². The maximum atomic E-state index is 12.0. The number of nitrogens with one attached hydrogen (secondary N) is 2. The molecule has 2 aromatic rings. The van der Waals surface area contributed by atoms with E-state index in [-0.39, 0.29) is 12.5 Å². The molecule has 5 nitrogen and oxygen atoms in total. The number of rotatable bonds is 5. The van der Waals surface area contributed by atoms with E-state index in [1.54, 1.807) is 48.3 Å². The van der Waals surface area contributed by atoms with Gasteiger partial charge in [0.25, 0.3) is 11.8 Å². The highest BCUT2D eigenvalue weighted by Crippen LogP contribution is 2.26. The number of carbonyl (C=O) groups excluding carboxylic acids is 2. The highest BCUT2D eigenvalue weighted by atomic mass is 79.9. The van der Waals surface area contributed by atoms with Crippen LogP contribution in [-0.4, -0.2) is 30.3 Å². The molecule has 2 aromatic carbocycles. The number of carbonyl (C=O) groups is 2. The lowest BCUT2D eigenvalue weighted by Crippen LogP contribution is -2.45. The van der Waals surface area contributed by atoms with Crippen molar-refractivity contribution in [1.82, 2.24) is 15.8 Å². The number of nitrogens with zero attached hydrogens (tertiary/aromatic N) is 1. The monoisotopic (exact) mass is 443 g/mol. The van der Waals surface area contributed by atoms with E-state index in [0.717, 1.165) is 5.56 Å². The third-order valence-electron chi connectivity index (χ3n) is 3.32. The summed E-state index contributed by atoms with van der Waals surface area (Å²) in [6, 6.07) is 12.3. The van der Waals surface area contributed by atoms with Crippen LogP contribution in [0.1, 0.15) is 15.9 Å².